The van der Waals surface area contributed by atoms with Crippen molar-refractivity contribution in [2.45, 2.75) is 57.7 Å². The molecule has 0 amide bonds. The van der Waals surface area contributed by atoms with Gasteiger partial charge in [-0.3, -0.25) is 0 Å². The maximum absolute atomic E-state index is 9.91. The van der Waals surface area contributed by atoms with Gasteiger partial charge < -0.3 is 19.9 Å². The van der Waals surface area contributed by atoms with Crippen molar-refractivity contribution in [1.82, 2.24) is 5.32 Å². The van der Waals surface area contributed by atoms with E-state index >= 15 is 0 Å². The molecule has 1 saturated carbocycles. The summed E-state index contributed by atoms with van der Waals surface area (Å²) in [6.45, 7) is 6.08. The van der Waals surface area contributed by atoms with Crippen LogP contribution in [0.2, 0.25) is 0 Å². The Morgan fingerprint density at radius 2 is 2.00 bits per heavy atom. The second-order valence-electron chi connectivity index (χ2n) is 6.45. The van der Waals surface area contributed by atoms with E-state index in [1.807, 2.05) is 0 Å². The Hall–Kier alpha value is -0.160. The van der Waals surface area contributed by atoms with Crippen LogP contribution in [0.3, 0.4) is 0 Å². The molecule has 0 bridgehead atoms. The van der Waals surface area contributed by atoms with E-state index in [1.54, 1.807) is 0 Å². The first kappa shape index (κ1) is 15.2. The minimum Gasteiger partial charge on any atom is -0.389 e. The minimum atomic E-state index is -0.385. The number of ether oxygens (including phenoxy) is 2. The van der Waals surface area contributed by atoms with E-state index in [0.717, 1.165) is 45.4 Å². The predicted octanol–water partition coefficient (Wildman–Crippen LogP) is 1.71. The Morgan fingerprint density at radius 3 is 2.68 bits per heavy atom. The summed E-state index contributed by atoms with van der Waals surface area (Å²) in [6, 6.07) is 0. The van der Waals surface area contributed by atoms with Crippen LogP contribution in [0.1, 0.15) is 45.4 Å². The Morgan fingerprint density at radius 1 is 1.32 bits per heavy atom. The molecule has 0 spiro atoms. The number of aliphatic hydroxyl groups is 1. The van der Waals surface area contributed by atoms with Crippen LogP contribution in [-0.4, -0.2) is 50.2 Å². The van der Waals surface area contributed by atoms with E-state index in [2.05, 4.69) is 12.2 Å². The lowest BCUT2D eigenvalue weighted by atomic mass is 9.82. The maximum atomic E-state index is 9.91. The molecule has 1 unspecified atom stereocenters. The van der Waals surface area contributed by atoms with Gasteiger partial charge in [-0.2, -0.15) is 0 Å². The van der Waals surface area contributed by atoms with Gasteiger partial charge >= 0.3 is 0 Å². The quantitative estimate of drug-likeness (QED) is 0.740. The summed E-state index contributed by atoms with van der Waals surface area (Å²) in [6.07, 6.45) is 7.10. The standard InChI is InChI=1S/C15H29NO3/c1-15(6-8-18-9-7-15)12-16-10-13(17)11-19-14-4-2-3-5-14/h13-14,16-17H,2-12H2,1H3. The second kappa shape index (κ2) is 7.58. The lowest BCUT2D eigenvalue weighted by Gasteiger charge is -2.34. The molecule has 1 aliphatic heterocycles. The van der Waals surface area contributed by atoms with E-state index in [0.29, 0.717) is 24.7 Å². The SMILES string of the molecule is CC1(CNCC(O)COC2CCCC2)CCOCC1. The van der Waals surface area contributed by atoms with Crippen LogP contribution in [0.25, 0.3) is 0 Å². The molecule has 2 aliphatic rings. The molecule has 112 valence electrons. The third kappa shape index (κ3) is 5.38. The highest BCUT2D eigenvalue weighted by Crippen LogP contribution is 2.28. The van der Waals surface area contributed by atoms with Crippen LogP contribution in [-0.2, 0) is 9.47 Å². The van der Waals surface area contributed by atoms with Crippen molar-refractivity contribution in [1.29, 1.82) is 0 Å². The molecule has 19 heavy (non-hydrogen) atoms. The van der Waals surface area contributed by atoms with Crippen LogP contribution in [0, 0.1) is 5.41 Å². The molecule has 0 aromatic rings. The smallest absolute Gasteiger partial charge is 0.0897 e. The third-order valence-corrected chi connectivity index (χ3v) is 4.46. The van der Waals surface area contributed by atoms with Crippen molar-refractivity contribution < 1.29 is 14.6 Å². The summed E-state index contributed by atoms with van der Waals surface area (Å²) in [5.41, 5.74) is 0.324. The Labute approximate surface area is 116 Å². The summed E-state index contributed by atoms with van der Waals surface area (Å²) < 4.78 is 11.1. The van der Waals surface area contributed by atoms with Gasteiger partial charge in [-0.05, 0) is 31.1 Å². The molecule has 0 radical (unpaired) electrons. The fourth-order valence-corrected chi connectivity index (χ4v) is 2.94. The molecule has 4 nitrogen and oxygen atoms in total. The largest absolute Gasteiger partial charge is 0.389 e. The molecular formula is C15H29NO3. The zero-order valence-electron chi connectivity index (χ0n) is 12.2. The normalized spacial score (nSPS) is 25.6. The van der Waals surface area contributed by atoms with Crippen LogP contribution in [0.4, 0.5) is 0 Å². The zero-order valence-corrected chi connectivity index (χ0v) is 12.2. The average Bonchev–Trinajstić information content (AvgIpc) is 2.90. The summed E-state index contributed by atoms with van der Waals surface area (Å²) in [5.74, 6) is 0. The van der Waals surface area contributed by atoms with Crippen LogP contribution >= 0.6 is 0 Å². The van der Waals surface area contributed by atoms with E-state index < -0.39 is 0 Å². The van der Waals surface area contributed by atoms with Crippen LogP contribution in [0.5, 0.6) is 0 Å². The Balaban J connectivity index is 1.54. The van der Waals surface area contributed by atoms with Gasteiger partial charge in [-0.1, -0.05) is 19.8 Å². The molecular weight excluding hydrogens is 242 g/mol. The molecule has 0 aromatic heterocycles. The van der Waals surface area contributed by atoms with Gasteiger partial charge in [0.2, 0.25) is 0 Å². The lowest BCUT2D eigenvalue weighted by Crippen LogP contribution is -2.40. The molecule has 2 fully saturated rings. The highest BCUT2D eigenvalue weighted by molar-refractivity contribution is 4.80. The number of aliphatic hydroxyl groups excluding tert-OH is 1. The highest BCUT2D eigenvalue weighted by atomic mass is 16.5. The van der Waals surface area contributed by atoms with Crippen molar-refractivity contribution in [3.05, 3.63) is 0 Å². The first-order valence-electron chi connectivity index (χ1n) is 7.76. The summed E-state index contributed by atoms with van der Waals surface area (Å²) in [7, 11) is 0. The molecule has 2 rings (SSSR count). The number of rotatable bonds is 7. The molecule has 2 N–H and O–H groups in total. The molecule has 4 heteroatoms. The van der Waals surface area contributed by atoms with Gasteiger partial charge in [0.05, 0.1) is 18.8 Å². The molecule has 1 saturated heterocycles. The number of nitrogens with one attached hydrogen (secondary N) is 1. The van der Waals surface area contributed by atoms with E-state index in [-0.39, 0.29) is 6.10 Å². The fraction of sp³-hybridized carbons (Fsp3) is 1.00. The molecule has 1 atom stereocenters. The van der Waals surface area contributed by atoms with Crippen molar-refractivity contribution >= 4 is 0 Å². The van der Waals surface area contributed by atoms with Crippen LogP contribution < -0.4 is 5.32 Å². The zero-order chi connectivity index (χ0) is 13.6. The average molecular weight is 271 g/mol. The monoisotopic (exact) mass is 271 g/mol. The Bertz CT molecular complexity index is 248. The van der Waals surface area contributed by atoms with Crippen molar-refractivity contribution in [3.63, 3.8) is 0 Å². The molecule has 1 aliphatic carbocycles. The van der Waals surface area contributed by atoms with Crippen molar-refractivity contribution in [2.75, 3.05) is 32.9 Å². The van der Waals surface area contributed by atoms with Gasteiger partial charge in [0.1, 0.15) is 0 Å². The topological polar surface area (TPSA) is 50.7 Å². The lowest BCUT2D eigenvalue weighted by molar-refractivity contribution is -0.00895. The molecule has 0 aromatic carbocycles. The number of hydrogen-bond donors (Lipinski definition) is 2. The number of hydrogen-bond acceptors (Lipinski definition) is 4. The predicted molar refractivity (Wildman–Crippen MR) is 75.2 cm³/mol. The summed E-state index contributed by atoms with van der Waals surface area (Å²) in [4.78, 5) is 0. The van der Waals surface area contributed by atoms with E-state index in [9.17, 15) is 5.11 Å². The van der Waals surface area contributed by atoms with E-state index in [4.69, 9.17) is 9.47 Å². The van der Waals surface area contributed by atoms with Crippen LogP contribution in [0.15, 0.2) is 0 Å². The van der Waals surface area contributed by atoms with Crippen molar-refractivity contribution in [2.24, 2.45) is 5.41 Å². The van der Waals surface area contributed by atoms with Gasteiger partial charge in [0, 0.05) is 26.3 Å². The fourth-order valence-electron chi connectivity index (χ4n) is 2.94. The first-order chi connectivity index (χ1) is 9.18. The van der Waals surface area contributed by atoms with Gasteiger partial charge in [-0.25, -0.2) is 0 Å². The van der Waals surface area contributed by atoms with Gasteiger partial charge in [-0.15, -0.1) is 0 Å². The van der Waals surface area contributed by atoms with Crippen molar-refractivity contribution in [3.8, 4) is 0 Å². The highest BCUT2D eigenvalue weighted by Gasteiger charge is 2.27. The minimum absolute atomic E-state index is 0.324. The molecule has 1 heterocycles. The Kier molecular flexibility index (Phi) is 6.07. The summed E-state index contributed by atoms with van der Waals surface area (Å²) >= 11 is 0. The third-order valence-electron chi connectivity index (χ3n) is 4.46. The first-order valence-corrected chi connectivity index (χ1v) is 7.76. The van der Waals surface area contributed by atoms with Gasteiger partial charge in [0.25, 0.3) is 0 Å². The second-order valence-corrected chi connectivity index (χ2v) is 6.45. The maximum Gasteiger partial charge on any atom is 0.0897 e. The van der Waals surface area contributed by atoms with E-state index in [1.165, 1.54) is 12.8 Å². The summed E-state index contributed by atoms with van der Waals surface area (Å²) in [5, 5.41) is 13.3. The van der Waals surface area contributed by atoms with Gasteiger partial charge in [0.15, 0.2) is 0 Å².